The molecule has 0 rings (SSSR count). The van der Waals surface area contributed by atoms with Crippen LogP contribution in [0.4, 0.5) is 0 Å². The summed E-state index contributed by atoms with van der Waals surface area (Å²) in [5.74, 6) is 0.836. The monoisotopic (exact) mass is 173 g/mol. The molecule has 0 spiro atoms. The molecule has 74 valence electrons. The van der Waals surface area contributed by atoms with E-state index in [1.165, 1.54) is 19.3 Å². The summed E-state index contributed by atoms with van der Waals surface area (Å²) in [5, 5.41) is 11.8. The zero-order chi connectivity index (χ0) is 9.23. The van der Waals surface area contributed by atoms with Gasteiger partial charge in [-0.25, -0.2) is 0 Å². The molecule has 0 radical (unpaired) electrons. The second-order valence-corrected chi connectivity index (χ2v) is 3.72. The molecule has 0 saturated heterocycles. The van der Waals surface area contributed by atoms with Gasteiger partial charge >= 0.3 is 0 Å². The fourth-order valence-corrected chi connectivity index (χ4v) is 1.13. The Bertz CT molecular complexity index is 83.9. The second-order valence-electron chi connectivity index (χ2n) is 3.72. The van der Waals surface area contributed by atoms with Crippen molar-refractivity contribution in [1.29, 1.82) is 0 Å². The van der Waals surface area contributed by atoms with Gasteiger partial charge < -0.3 is 10.4 Å². The van der Waals surface area contributed by atoms with Crippen LogP contribution in [-0.2, 0) is 0 Å². The van der Waals surface area contributed by atoms with Crippen LogP contribution in [0, 0.1) is 5.92 Å². The van der Waals surface area contributed by atoms with Crippen LogP contribution in [0.15, 0.2) is 0 Å². The third-order valence-corrected chi connectivity index (χ3v) is 1.90. The van der Waals surface area contributed by atoms with Gasteiger partial charge in [0, 0.05) is 6.61 Å². The molecule has 0 amide bonds. The fraction of sp³-hybridized carbons (Fsp3) is 1.00. The van der Waals surface area contributed by atoms with Crippen molar-refractivity contribution in [1.82, 2.24) is 5.32 Å². The quantitative estimate of drug-likeness (QED) is 0.548. The topological polar surface area (TPSA) is 32.3 Å². The number of aliphatic hydroxyl groups is 1. The summed E-state index contributed by atoms with van der Waals surface area (Å²) in [6.45, 7) is 6.89. The minimum absolute atomic E-state index is 0.305. The number of hydrogen-bond acceptors (Lipinski definition) is 2. The third kappa shape index (κ3) is 9.92. The molecule has 0 atom stereocenters. The van der Waals surface area contributed by atoms with Crippen molar-refractivity contribution in [2.24, 2.45) is 5.92 Å². The number of nitrogens with one attached hydrogen (secondary N) is 1. The maximum atomic E-state index is 8.50. The van der Waals surface area contributed by atoms with Gasteiger partial charge in [0.2, 0.25) is 0 Å². The molecular weight excluding hydrogens is 150 g/mol. The molecule has 0 saturated carbocycles. The van der Waals surface area contributed by atoms with Crippen LogP contribution >= 0.6 is 0 Å². The van der Waals surface area contributed by atoms with E-state index in [0.29, 0.717) is 6.61 Å². The molecular formula is C10H23NO. The fourth-order valence-electron chi connectivity index (χ4n) is 1.13. The van der Waals surface area contributed by atoms with Crippen molar-refractivity contribution in [3.8, 4) is 0 Å². The van der Waals surface area contributed by atoms with Crippen molar-refractivity contribution in [2.75, 3.05) is 19.7 Å². The zero-order valence-electron chi connectivity index (χ0n) is 8.47. The molecule has 12 heavy (non-hydrogen) atoms. The van der Waals surface area contributed by atoms with Crippen molar-refractivity contribution in [2.45, 2.75) is 39.5 Å². The molecule has 0 fully saturated rings. The van der Waals surface area contributed by atoms with Crippen LogP contribution in [0.3, 0.4) is 0 Å². The highest BCUT2D eigenvalue weighted by molar-refractivity contribution is 4.50. The molecule has 0 aromatic carbocycles. The number of aliphatic hydroxyl groups excluding tert-OH is 1. The summed E-state index contributed by atoms with van der Waals surface area (Å²) in [6, 6.07) is 0. The molecule has 0 bridgehead atoms. The van der Waals surface area contributed by atoms with Crippen LogP contribution in [-0.4, -0.2) is 24.8 Å². The van der Waals surface area contributed by atoms with E-state index in [-0.39, 0.29) is 0 Å². The van der Waals surface area contributed by atoms with Gasteiger partial charge in [-0.1, -0.05) is 26.7 Å². The van der Waals surface area contributed by atoms with Gasteiger partial charge in [-0.2, -0.15) is 0 Å². The lowest BCUT2D eigenvalue weighted by Crippen LogP contribution is -2.17. The number of unbranched alkanes of at least 4 members (excludes halogenated alkanes) is 1. The van der Waals surface area contributed by atoms with Crippen molar-refractivity contribution in [3.05, 3.63) is 0 Å². The first-order valence-electron chi connectivity index (χ1n) is 5.09. The molecule has 0 unspecified atom stereocenters. The van der Waals surface area contributed by atoms with Gasteiger partial charge in [-0.3, -0.25) is 0 Å². The molecule has 2 N–H and O–H groups in total. The molecule has 2 nitrogen and oxygen atoms in total. The normalized spacial score (nSPS) is 11.0. The lowest BCUT2D eigenvalue weighted by molar-refractivity contribution is 0.286. The van der Waals surface area contributed by atoms with E-state index in [4.69, 9.17) is 5.11 Å². The van der Waals surface area contributed by atoms with Crippen molar-refractivity contribution in [3.63, 3.8) is 0 Å². The molecule has 0 heterocycles. The highest BCUT2D eigenvalue weighted by Crippen LogP contribution is 2.04. The van der Waals surface area contributed by atoms with E-state index < -0.39 is 0 Å². The first-order valence-corrected chi connectivity index (χ1v) is 5.09. The van der Waals surface area contributed by atoms with Crippen LogP contribution in [0.2, 0.25) is 0 Å². The number of rotatable bonds is 8. The Labute approximate surface area is 76.4 Å². The van der Waals surface area contributed by atoms with Gasteiger partial charge in [-0.15, -0.1) is 0 Å². The molecule has 0 aliphatic carbocycles. The average Bonchev–Trinajstić information content (AvgIpc) is 2.02. The van der Waals surface area contributed by atoms with Gasteiger partial charge in [0.05, 0.1) is 0 Å². The minimum atomic E-state index is 0.305. The number of hydrogen-bond donors (Lipinski definition) is 2. The summed E-state index contributed by atoms with van der Waals surface area (Å²) < 4.78 is 0. The predicted molar refractivity (Wildman–Crippen MR) is 53.3 cm³/mol. The molecule has 0 aromatic heterocycles. The molecule has 2 heteroatoms. The van der Waals surface area contributed by atoms with E-state index in [1.807, 2.05) is 0 Å². The van der Waals surface area contributed by atoms with Crippen LogP contribution in [0.5, 0.6) is 0 Å². The Morgan fingerprint density at radius 2 is 1.75 bits per heavy atom. The minimum Gasteiger partial charge on any atom is -0.396 e. The van der Waals surface area contributed by atoms with Crippen LogP contribution < -0.4 is 5.32 Å². The van der Waals surface area contributed by atoms with Crippen LogP contribution in [0.25, 0.3) is 0 Å². The first-order chi connectivity index (χ1) is 5.77. The second kappa shape index (κ2) is 9.01. The summed E-state index contributed by atoms with van der Waals surface area (Å²) in [4.78, 5) is 0. The third-order valence-electron chi connectivity index (χ3n) is 1.90. The average molecular weight is 173 g/mol. The molecule has 0 aromatic rings. The lowest BCUT2D eigenvalue weighted by atomic mass is 10.1. The Balaban J connectivity index is 2.82. The Morgan fingerprint density at radius 1 is 1.08 bits per heavy atom. The SMILES string of the molecule is CC(C)CCCCNCCCO. The molecule has 0 aliphatic rings. The highest BCUT2D eigenvalue weighted by atomic mass is 16.3. The van der Waals surface area contributed by atoms with E-state index in [1.54, 1.807) is 0 Å². The summed E-state index contributed by atoms with van der Waals surface area (Å²) in [5.41, 5.74) is 0. The van der Waals surface area contributed by atoms with Gasteiger partial charge in [0.25, 0.3) is 0 Å². The Kier molecular flexibility index (Phi) is 8.95. The highest BCUT2D eigenvalue weighted by Gasteiger charge is 1.93. The largest absolute Gasteiger partial charge is 0.396 e. The van der Waals surface area contributed by atoms with Gasteiger partial charge in [0.1, 0.15) is 0 Å². The molecule has 0 aliphatic heterocycles. The van der Waals surface area contributed by atoms with E-state index >= 15 is 0 Å². The van der Waals surface area contributed by atoms with E-state index in [0.717, 1.165) is 25.4 Å². The van der Waals surface area contributed by atoms with Crippen molar-refractivity contribution < 1.29 is 5.11 Å². The summed E-state index contributed by atoms with van der Waals surface area (Å²) in [7, 11) is 0. The van der Waals surface area contributed by atoms with Gasteiger partial charge in [0.15, 0.2) is 0 Å². The first kappa shape index (κ1) is 11.9. The standard InChI is InChI=1S/C10H23NO/c1-10(2)6-3-4-7-11-8-5-9-12/h10-12H,3-9H2,1-2H3. The Morgan fingerprint density at radius 3 is 2.33 bits per heavy atom. The smallest absolute Gasteiger partial charge is 0.0443 e. The maximum Gasteiger partial charge on any atom is 0.0443 e. The summed E-state index contributed by atoms with van der Waals surface area (Å²) >= 11 is 0. The maximum absolute atomic E-state index is 8.50. The Hall–Kier alpha value is -0.0800. The lowest BCUT2D eigenvalue weighted by Gasteiger charge is -2.05. The van der Waals surface area contributed by atoms with Crippen molar-refractivity contribution >= 4 is 0 Å². The van der Waals surface area contributed by atoms with Crippen LogP contribution in [0.1, 0.15) is 39.5 Å². The van der Waals surface area contributed by atoms with E-state index in [9.17, 15) is 0 Å². The predicted octanol–water partition coefficient (Wildman–Crippen LogP) is 1.78. The van der Waals surface area contributed by atoms with Gasteiger partial charge in [-0.05, 0) is 31.8 Å². The zero-order valence-corrected chi connectivity index (χ0v) is 8.47. The van der Waals surface area contributed by atoms with E-state index in [2.05, 4.69) is 19.2 Å². The summed E-state index contributed by atoms with van der Waals surface area (Å²) in [6.07, 6.45) is 4.80.